The zero-order chi connectivity index (χ0) is 20.6. The molecule has 1 unspecified atom stereocenters. The van der Waals surface area contributed by atoms with Gasteiger partial charge in [0.15, 0.2) is 0 Å². The van der Waals surface area contributed by atoms with Crippen LogP contribution < -0.4 is 4.74 Å². The fourth-order valence-corrected chi connectivity index (χ4v) is 3.68. The maximum atomic E-state index is 14.2. The molecule has 0 saturated heterocycles. The highest BCUT2D eigenvalue weighted by Crippen LogP contribution is 2.52. The van der Waals surface area contributed by atoms with Crippen LogP contribution in [0.3, 0.4) is 0 Å². The first-order chi connectivity index (χ1) is 13.8. The maximum absolute atomic E-state index is 14.2. The van der Waals surface area contributed by atoms with Crippen molar-refractivity contribution in [2.24, 2.45) is 0 Å². The Morgan fingerprint density at radius 2 is 1.59 bits per heavy atom. The van der Waals surface area contributed by atoms with Crippen molar-refractivity contribution in [3.63, 3.8) is 0 Å². The number of hydrogen-bond acceptors (Lipinski definition) is 3. The molecule has 0 saturated carbocycles. The molecular weight excluding hydrogens is 383 g/mol. The molecule has 148 valence electrons. The molecule has 0 amide bonds. The number of ether oxygens (including phenoxy) is 1. The van der Waals surface area contributed by atoms with Crippen molar-refractivity contribution in [1.29, 1.82) is 0 Å². The van der Waals surface area contributed by atoms with Crippen molar-refractivity contribution in [3.8, 4) is 5.75 Å². The van der Waals surface area contributed by atoms with Crippen molar-refractivity contribution in [2.75, 3.05) is 0 Å². The summed E-state index contributed by atoms with van der Waals surface area (Å²) in [6.45, 7) is 0. The van der Waals surface area contributed by atoms with Crippen LogP contribution in [0.4, 0.5) is 18.9 Å². The minimum atomic E-state index is -4.75. The van der Waals surface area contributed by atoms with Gasteiger partial charge in [0, 0.05) is 18.1 Å². The summed E-state index contributed by atoms with van der Waals surface area (Å²) in [5.74, 6) is -0.107. The lowest BCUT2D eigenvalue weighted by Gasteiger charge is -2.31. The summed E-state index contributed by atoms with van der Waals surface area (Å²) in [6, 6.07) is 19.5. The van der Waals surface area contributed by atoms with Gasteiger partial charge in [0.2, 0.25) is 5.60 Å². The second-order valence-electron chi connectivity index (χ2n) is 6.97. The summed E-state index contributed by atoms with van der Waals surface area (Å²) in [5, 5.41) is 11.2. The molecule has 7 heteroatoms. The topological polar surface area (TPSA) is 52.4 Å². The molecule has 3 aromatic rings. The number of alkyl halides is 3. The Hall–Kier alpha value is -3.35. The van der Waals surface area contributed by atoms with E-state index in [1.165, 1.54) is 30.3 Å². The van der Waals surface area contributed by atoms with E-state index in [4.69, 9.17) is 4.74 Å². The third kappa shape index (κ3) is 3.33. The zero-order valence-electron chi connectivity index (χ0n) is 15.1. The predicted molar refractivity (Wildman–Crippen MR) is 101 cm³/mol. The summed E-state index contributed by atoms with van der Waals surface area (Å²) in [7, 11) is 0. The largest absolute Gasteiger partial charge is 0.472 e. The van der Waals surface area contributed by atoms with Gasteiger partial charge in [-0.05, 0) is 23.6 Å². The smallest absolute Gasteiger partial charge is 0.432 e. The molecule has 0 radical (unpaired) electrons. The quantitative estimate of drug-likeness (QED) is 0.425. The maximum Gasteiger partial charge on any atom is 0.432 e. The van der Waals surface area contributed by atoms with E-state index in [1.807, 2.05) is 30.3 Å². The molecule has 0 fully saturated rings. The van der Waals surface area contributed by atoms with Gasteiger partial charge in [0.1, 0.15) is 5.75 Å². The predicted octanol–water partition coefficient (Wildman–Crippen LogP) is 5.58. The first-order valence-corrected chi connectivity index (χ1v) is 8.95. The van der Waals surface area contributed by atoms with Gasteiger partial charge in [-0.25, -0.2) is 0 Å². The van der Waals surface area contributed by atoms with Gasteiger partial charge in [-0.1, -0.05) is 60.7 Å². The second-order valence-corrected chi connectivity index (χ2v) is 6.97. The fourth-order valence-electron chi connectivity index (χ4n) is 3.68. The SMILES string of the molecule is O=[N+]([O-])c1cccc2c1CC(c1ccc(Cc3ccccc3)cc1)(C(F)(F)F)O2. The van der Waals surface area contributed by atoms with Gasteiger partial charge in [-0.3, -0.25) is 10.1 Å². The van der Waals surface area contributed by atoms with E-state index in [9.17, 15) is 23.3 Å². The molecule has 4 nitrogen and oxygen atoms in total. The Morgan fingerprint density at radius 1 is 0.931 bits per heavy atom. The Bertz CT molecular complexity index is 1050. The molecule has 1 aliphatic rings. The number of benzene rings is 3. The second kappa shape index (κ2) is 6.92. The van der Waals surface area contributed by atoms with E-state index in [0.29, 0.717) is 6.42 Å². The lowest BCUT2D eigenvalue weighted by atomic mass is 9.87. The Labute approximate surface area is 164 Å². The van der Waals surface area contributed by atoms with E-state index < -0.39 is 23.1 Å². The summed E-state index contributed by atoms with van der Waals surface area (Å²) < 4.78 is 47.8. The number of nitrogens with zero attached hydrogens (tertiary/aromatic N) is 1. The molecule has 0 aromatic heterocycles. The standard InChI is InChI=1S/C22H16F3NO3/c23-22(24,25)21(14-18-19(26(27)28)7-4-8-20(18)29-21)17-11-9-16(10-12-17)13-15-5-2-1-3-6-15/h1-12H,13-14H2. The van der Waals surface area contributed by atoms with Crippen molar-refractivity contribution in [1.82, 2.24) is 0 Å². The van der Waals surface area contributed by atoms with Crippen LogP contribution in [-0.4, -0.2) is 11.1 Å². The Morgan fingerprint density at radius 3 is 2.21 bits per heavy atom. The average Bonchev–Trinajstić information content (AvgIpc) is 3.10. The highest BCUT2D eigenvalue weighted by Gasteiger charge is 2.62. The van der Waals surface area contributed by atoms with Crippen LogP contribution >= 0.6 is 0 Å². The van der Waals surface area contributed by atoms with Gasteiger partial charge in [0.25, 0.3) is 5.69 Å². The van der Waals surface area contributed by atoms with Gasteiger partial charge in [0.05, 0.1) is 10.5 Å². The van der Waals surface area contributed by atoms with Crippen LogP contribution in [0.2, 0.25) is 0 Å². The van der Waals surface area contributed by atoms with Crippen LogP contribution in [0.25, 0.3) is 0 Å². The Kier molecular flexibility index (Phi) is 4.53. The first kappa shape index (κ1) is 19.0. The molecule has 0 spiro atoms. The molecule has 0 bridgehead atoms. The van der Waals surface area contributed by atoms with Gasteiger partial charge >= 0.3 is 6.18 Å². The zero-order valence-corrected chi connectivity index (χ0v) is 15.1. The monoisotopic (exact) mass is 399 g/mol. The summed E-state index contributed by atoms with van der Waals surface area (Å²) in [4.78, 5) is 10.6. The molecule has 29 heavy (non-hydrogen) atoms. The first-order valence-electron chi connectivity index (χ1n) is 8.95. The summed E-state index contributed by atoms with van der Waals surface area (Å²) in [6.07, 6.45) is -4.80. The normalized spacial score (nSPS) is 18.2. The van der Waals surface area contributed by atoms with Gasteiger partial charge < -0.3 is 4.74 Å². The van der Waals surface area contributed by atoms with E-state index in [0.717, 1.165) is 11.1 Å². The third-order valence-electron chi connectivity index (χ3n) is 5.14. The highest BCUT2D eigenvalue weighted by atomic mass is 19.4. The molecule has 1 heterocycles. The lowest BCUT2D eigenvalue weighted by Crippen LogP contribution is -2.46. The molecule has 1 atom stereocenters. The van der Waals surface area contributed by atoms with Crippen LogP contribution in [0.1, 0.15) is 22.3 Å². The number of rotatable bonds is 4. The van der Waals surface area contributed by atoms with E-state index in [1.54, 1.807) is 12.1 Å². The number of nitro benzene ring substituents is 1. The van der Waals surface area contributed by atoms with Crippen LogP contribution in [0, 0.1) is 10.1 Å². The molecular formula is C22H16F3NO3. The number of halogens is 3. The minimum Gasteiger partial charge on any atom is -0.472 e. The van der Waals surface area contributed by atoms with Crippen molar-refractivity contribution in [3.05, 3.63) is 105 Å². The van der Waals surface area contributed by atoms with Gasteiger partial charge in [-0.2, -0.15) is 13.2 Å². The van der Waals surface area contributed by atoms with Crippen molar-refractivity contribution >= 4 is 5.69 Å². The lowest BCUT2D eigenvalue weighted by molar-refractivity contribution is -0.385. The van der Waals surface area contributed by atoms with Crippen molar-refractivity contribution in [2.45, 2.75) is 24.6 Å². The van der Waals surface area contributed by atoms with E-state index in [-0.39, 0.29) is 22.6 Å². The van der Waals surface area contributed by atoms with Crippen LogP contribution in [0.15, 0.2) is 72.8 Å². The molecule has 3 aromatic carbocycles. The number of nitro groups is 1. The molecule has 4 rings (SSSR count). The van der Waals surface area contributed by atoms with E-state index in [2.05, 4.69) is 0 Å². The fraction of sp³-hybridized carbons (Fsp3) is 0.182. The summed E-state index contributed by atoms with van der Waals surface area (Å²) >= 11 is 0. The summed E-state index contributed by atoms with van der Waals surface area (Å²) in [5.41, 5.74) is -1.22. The van der Waals surface area contributed by atoms with Crippen LogP contribution in [0.5, 0.6) is 5.75 Å². The highest BCUT2D eigenvalue weighted by molar-refractivity contribution is 5.55. The number of hydrogen-bond donors (Lipinski definition) is 0. The van der Waals surface area contributed by atoms with Crippen molar-refractivity contribution < 1.29 is 22.8 Å². The minimum absolute atomic E-state index is 0.0387. The third-order valence-corrected chi connectivity index (χ3v) is 5.14. The Balaban J connectivity index is 1.70. The molecule has 1 aliphatic heterocycles. The van der Waals surface area contributed by atoms with Gasteiger partial charge in [-0.15, -0.1) is 0 Å². The molecule has 0 N–H and O–H groups in total. The molecule has 0 aliphatic carbocycles. The average molecular weight is 399 g/mol. The van der Waals surface area contributed by atoms with Crippen LogP contribution in [-0.2, 0) is 18.4 Å². The van der Waals surface area contributed by atoms with E-state index >= 15 is 0 Å². The number of fused-ring (bicyclic) bond motifs is 1.